The molecule has 1 heterocycles. The van der Waals surface area contributed by atoms with Crippen LogP contribution in [0.2, 0.25) is 0 Å². The number of rotatable bonds is 3. The lowest BCUT2D eigenvalue weighted by atomic mass is 9.96. The summed E-state index contributed by atoms with van der Waals surface area (Å²) >= 11 is 6.56. The number of nitrogens with zero attached hydrogens (tertiary/aromatic N) is 1. The Bertz CT molecular complexity index is 750. The first-order valence-corrected chi connectivity index (χ1v) is 8.12. The SMILES string of the molecule is COc1cc(OC)c2nc(NC(=S)NC(=O)C(C)(C)C)sc2c1. The highest BCUT2D eigenvalue weighted by Gasteiger charge is 2.22. The Hall–Kier alpha value is -1.93. The molecule has 2 N–H and O–H groups in total. The first kappa shape index (κ1) is 17.4. The third kappa shape index (κ3) is 4.08. The molecule has 6 nitrogen and oxygen atoms in total. The van der Waals surface area contributed by atoms with Crippen LogP contribution in [0.3, 0.4) is 0 Å². The van der Waals surface area contributed by atoms with Gasteiger partial charge in [0.05, 0.1) is 18.9 Å². The maximum atomic E-state index is 11.9. The molecule has 2 aromatic rings. The number of anilines is 1. The zero-order valence-corrected chi connectivity index (χ0v) is 15.3. The lowest BCUT2D eigenvalue weighted by Crippen LogP contribution is -2.41. The van der Waals surface area contributed by atoms with Gasteiger partial charge in [0.25, 0.3) is 0 Å². The van der Waals surface area contributed by atoms with Crippen LogP contribution in [0, 0.1) is 5.41 Å². The Kier molecular flexibility index (Phi) is 5.06. The smallest absolute Gasteiger partial charge is 0.231 e. The highest BCUT2D eigenvalue weighted by molar-refractivity contribution is 7.80. The van der Waals surface area contributed by atoms with E-state index in [1.54, 1.807) is 20.3 Å². The van der Waals surface area contributed by atoms with E-state index in [2.05, 4.69) is 15.6 Å². The average molecular weight is 353 g/mol. The van der Waals surface area contributed by atoms with Crippen molar-refractivity contribution in [2.45, 2.75) is 20.8 Å². The molecule has 0 atom stereocenters. The van der Waals surface area contributed by atoms with Gasteiger partial charge in [0.2, 0.25) is 5.91 Å². The molecule has 0 fully saturated rings. The van der Waals surface area contributed by atoms with Crippen LogP contribution in [0.15, 0.2) is 12.1 Å². The van der Waals surface area contributed by atoms with Crippen LogP contribution in [0.1, 0.15) is 20.8 Å². The summed E-state index contributed by atoms with van der Waals surface area (Å²) in [5.41, 5.74) is 0.196. The minimum atomic E-state index is -0.518. The van der Waals surface area contributed by atoms with E-state index >= 15 is 0 Å². The number of carbonyl (C=O) groups is 1. The second kappa shape index (κ2) is 6.67. The molecule has 23 heavy (non-hydrogen) atoms. The molecule has 1 aromatic heterocycles. The van der Waals surface area contributed by atoms with Gasteiger partial charge in [0.1, 0.15) is 17.0 Å². The Morgan fingerprint density at radius 2 is 1.96 bits per heavy atom. The van der Waals surface area contributed by atoms with E-state index in [9.17, 15) is 4.79 Å². The van der Waals surface area contributed by atoms with Gasteiger partial charge in [0, 0.05) is 11.5 Å². The maximum Gasteiger partial charge on any atom is 0.231 e. The number of amides is 1. The molecule has 2 rings (SSSR count). The zero-order chi connectivity index (χ0) is 17.2. The number of thiazole rings is 1. The van der Waals surface area contributed by atoms with E-state index in [1.807, 2.05) is 26.8 Å². The van der Waals surface area contributed by atoms with Crippen LogP contribution in [-0.2, 0) is 4.79 Å². The third-order valence-corrected chi connectivity index (χ3v) is 4.14. The molecule has 0 aliphatic heterocycles. The molecular weight excluding hydrogens is 334 g/mol. The van der Waals surface area contributed by atoms with E-state index < -0.39 is 5.41 Å². The minimum absolute atomic E-state index is 0.157. The minimum Gasteiger partial charge on any atom is -0.497 e. The van der Waals surface area contributed by atoms with Gasteiger partial charge >= 0.3 is 0 Å². The van der Waals surface area contributed by atoms with E-state index in [0.29, 0.717) is 22.1 Å². The van der Waals surface area contributed by atoms with Crippen molar-refractivity contribution in [3.63, 3.8) is 0 Å². The van der Waals surface area contributed by atoms with Crippen molar-refractivity contribution in [2.75, 3.05) is 19.5 Å². The molecule has 1 amide bonds. The molecule has 0 bridgehead atoms. The standard InChI is InChI=1S/C15H19N3O3S2/c1-15(2,3)12(19)17-13(22)18-14-16-11-9(21-5)6-8(20-4)7-10(11)23-14/h6-7H,1-5H3,(H2,16,17,18,19,22). The summed E-state index contributed by atoms with van der Waals surface area (Å²) in [5.74, 6) is 1.15. The zero-order valence-electron chi connectivity index (χ0n) is 13.6. The highest BCUT2D eigenvalue weighted by Crippen LogP contribution is 2.36. The summed E-state index contributed by atoms with van der Waals surface area (Å²) < 4.78 is 11.5. The molecule has 0 radical (unpaired) electrons. The summed E-state index contributed by atoms with van der Waals surface area (Å²) in [6.45, 7) is 5.46. The monoisotopic (exact) mass is 353 g/mol. The number of hydrogen-bond donors (Lipinski definition) is 2. The predicted octanol–water partition coefficient (Wildman–Crippen LogP) is 3.17. The van der Waals surface area contributed by atoms with Gasteiger partial charge in [0.15, 0.2) is 10.2 Å². The number of thiocarbonyl (C=S) groups is 1. The van der Waals surface area contributed by atoms with Gasteiger partial charge in [-0.25, -0.2) is 4.98 Å². The maximum absolute atomic E-state index is 11.9. The summed E-state index contributed by atoms with van der Waals surface area (Å²) in [4.78, 5) is 16.4. The second-order valence-corrected chi connectivity index (χ2v) is 7.29. The van der Waals surface area contributed by atoms with Gasteiger partial charge in [-0.3, -0.25) is 4.79 Å². The molecule has 124 valence electrons. The molecule has 1 aromatic carbocycles. The summed E-state index contributed by atoms with van der Waals surface area (Å²) in [6.07, 6.45) is 0. The van der Waals surface area contributed by atoms with Crippen molar-refractivity contribution in [2.24, 2.45) is 5.41 Å². The highest BCUT2D eigenvalue weighted by atomic mass is 32.1. The number of hydrogen-bond acceptors (Lipinski definition) is 6. The molecule has 0 unspecified atom stereocenters. The molecule has 0 saturated heterocycles. The molecule has 0 aliphatic carbocycles. The van der Waals surface area contributed by atoms with E-state index in [4.69, 9.17) is 21.7 Å². The number of benzene rings is 1. The van der Waals surface area contributed by atoms with Crippen molar-refractivity contribution >= 4 is 49.9 Å². The van der Waals surface area contributed by atoms with Crippen molar-refractivity contribution < 1.29 is 14.3 Å². The fourth-order valence-electron chi connectivity index (χ4n) is 1.72. The van der Waals surface area contributed by atoms with Gasteiger partial charge in [-0.1, -0.05) is 32.1 Å². The number of ether oxygens (including phenoxy) is 2. The third-order valence-electron chi connectivity index (χ3n) is 3.02. The van der Waals surface area contributed by atoms with Gasteiger partial charge in [-0.05, 0) is 18.3 Å². The molecule has 8 heteroatoms. The Morgan fingerprint density at radius 3 is 2.52 bits per heavy atom. The van der Waals surface area contributed by atoms with Crippen molar-refractivity contribution in [1.82, 2.24) is 10.3 Å². The number of carbonyl (C=O) groups excluding carboxylic acids is 1. The van der Waals surface area contributed by atoms with Crippen molar-refractivity contribution in [3.05, 3.63) is 12.1 Å². The largest absolute Gasteiger partial charge is 0.497 e. The lowest BCUT2D eigenvalue weighted by molar-refractivity contribution is -0.126. The quantitative estimate of drug-likeness (QED) is 0.826. The molecule has 0 saturated carbocycles. The topological polar surface area (TPSA) is 72.5 Å². The Balaban J connectivity index is 2.21. The molecular formula is C15H19N3O3S2. The summed E-state index contributed by atoms with van der Waals surface area (Å²) in [5, 5.41) is 6.38. The molecule has 0 spiro atoms. The van der Waals surface area contributed by atoms with Gasteiger partial charge < -0.3 is 20.1 Å². The fraction of sp³-hybridized carbons (Fsp3) is 0.400. The Morgan fingerprint density at radius 1 is 1.26 bits per heavy atom. The lowest BCUT2D eigenvalue weighted by Gasteiger charge is -2.17. The van der Waals surface area contributed by atoms with Gasteiger partial charge in [-0.15, -0.1) is 0 Å². The van der Waals surface area contributed by atoms with E-state index in [1.165, 1.54) is 11.3 Å². The van der Waals surface area contributed by atoms with Crippen LogP contribution in [0.5, 0.6) is 11.5 Å². The first-order chi connectivity index (χ1) is 10.7. The number of nitrogens with one attached hydrogen (secondary N) is 2. The second-order valence-electron chi connectivity index (χ2n) is 5.85. The summed E-state index contributed by atoms with van der Waals surface area (Å²) in [7, 11) is 3.17. The van der Waals surface area contributed by atoms with Crippen molar-refractivity contribution in [3.8, 4) is 11.5 Å². The van der Waals surface area contributed by atoms with E-state index in [-0.39, 0.29) is 11.0 Å². The number of fused-ring (bicyclic) bond motifs is 1. The fourth-order valence-corrected chi connectivity index (χ4v) is 2.89. The average Bonchev–Trinajstić information content (AvgIpc) is 2.86. The Labute approximate surface area is 144 Å². The van der Waals surface area contributed by atoms with Crippen LogP contribution < -0.4 is 20.1 Å². The number of aromatic nitrogens is 1. The number of methoxy groups -OCH3 is 2. The predicted molar refractivity (Wildman–Crippen MR) is 96.5 cm³/mol. The van der Waals surface area contributed by atoms with E-state index in [0.717, 1.165) is 4.70 Å². The van der Waals surface area contributed by atoms with Crippen LogP contribution in [0.25, 0.3) is 10.2 Å². The summed E-state index contributed by atoms with van der Waals surface area (Å²) in [6, 6.07) is 3.64. The van der Waals surface area contributed by atoms with Crippen molar-refractivity contribution in [1.29, 1.82) is 0 Å². The van der Waals surface area contributed by atoms with Crippen LogP contribution >= 0.6 is 23.6 Å². The normalized spacial score (nSPS) is 11.2. The van der Waals surface area contributed by atoms with Crippen LogP contribution in [-0.4, -0.2) is 30.2 Å². The van der Waals surface area contributed by atoms with Crippen LogP contribution in [0.4, 0.5) is 5.13 Å². The first-order valence-electron chi connectivity index (χ1n) is 6.89. The van der Waals surface area contributed by atoms with Gasteiger partial charge in [-0.2, -0.15) is 0 Å². The molecule has 0 aliphatic rings.